The van der Waals surface area contributed by atoms with E-state index in [9.17, 15) is 18.8 Å². The van der Waals surface area contributed by atoms with Gasteiger partial charge in [-0.1, -0.05) is 6.07 Å². The fourth-order valence-electron chi connectivity index (χ4n) is 2.47. The average molecular weight is 256 g/mol. The zero-order valence-electron chi connectivity index (χ0n) is 9.64. The van der Waals surface area contributed by atoms with Crippen LogP contribution in [-0.2, 0) is 0 Å². The first-order valence-corrected chi connectivity index (χ1v) is 5.71. The van der Waals surface area contributed by atoms with Crippen molar-refractivity contribution in [3.05, 3.63) is 35.4 Å². The number of hydroxylamine groups is 2. The van der Waals surface area contributed by atoms with Crippen molar-refractivity contribution in [1.82, 2.24) is 5.06 Å². The zero-order valence-corrected chi connectivity index (χ0v) is 9.64. The summed E-state index contributed by atoms with van der Waals surface area (Å²) in [5.41, 5.74) is 5.38. The maximum atomic E-state index is 13.6. The van der Waals surface area contributed by atoms with Gasteiger partial charge in [0.1, 0.15) is 11.6 Å². The number of rotatable bonds is 2. The third kappa shape index (κ3) is 2.43. The highest BCUT2D eigenvalue weighted by Gasteiger charge is 2.32. The summed E-state index contributed by atoms with van der Waals surface area (Å²) in [4.78, 5) is 10.8. The van der Waals surface area contributed by atoms with Crippen LogP contribution in [0.4, 0.5) is 13.6 Å². The molecule has 0 heterocycles. The quantitative estimate of drug-likeness (QED) is 0.630. The van der Waals surface area contributed by atoms with Crippen LogP contribution in [0.25, 0.3) is 0 Å². The lowest BCUT2D eigenvalue weighted by Gasteiger charge is -2.20. The van der Waals surface area contributed by atoms with Crippen molar-refractivity contribution in [3.63, 3.8) is 0 Å². The normalized spacial score (nSPS) is 23.1. The summed E-state index contributed by atoms with van der Waals surface area (Å²) in [6.45, 7) is 0. The van der Waals surface area contributed by atoms with Crippen LogP contribution in [0.1, 0.15) is 30.7 Å². The summed E-state index contributed by atoms with van der Waals surface area (Å²) >= 11 is 0. The zero-order chi connectivity index (χ0) is 13.3. The molecule has 1 aliphatic rings. The molecule has 4 nitrogen and oxygen atoms in total. The molecule has 0 aliphatic heterocycles. The first-order chi connectivity index (χ1) is 8.49. The van der Waals surface area contributed by atoms with E-state index < -0.39 is 23.7 Å². The fourth-order valence-corrected chi connectivity index (χ4v) is 2.47. The van der Waals surface area contributed by atoms with E-state index in [2.05, 4.69) is 0 Å². The van der Waals surface area contributed by atoms with Gasteiger partial charge in [-0.25, -0.2) is 18.6 Å². The maximum Gasteiger partial charge on any atom is 0.338 e. The Morgan fingerprint density at radius 2 is 2.11 bits per heavy atom. The van der Waals surface area contributed by atoms with E-state index in [1.807, 2.05) is 0 Å². The van der Waals surface area contributed by atoms with E-state index in [1.54, 1.807) is 0 Å². The molecular weight excluding hydrogens is 242 g/mol. The molecule has 2 amide bonds. The minimum atomic E-state index is -0.916. The number of hydrogen-bond donors (Lipinski definition) is 2. The lowest BCUT2D eigenvalue weighted by atomic mass is 9.97. The van der Waals surface area contributed by atoms with Crippen molar-refractivity contribution in [2.75, 3.05) is 0 Å². The van der Waals surface area contributed by atoms with E-state index in [-0.39, 0.29) is 5.92 Å². The Balaban J connectivity index is 2.11. The number of carbonyl (C=O) groups is 1. The van der Waals surface area contributed by atoms with Crippen molar-refractivity contribution in [2.24, 2.45) is 5.73 Å². The van der Waals surface area contributed by atoms with Gasteiger partial charge in [0, 0.05) is 6.07 Å². The van der Waals surface area contributed by atoms with Gasteiger partial charge in [0.15, 0.2) is 0 Å². The summed E-state index contributed by atoms with van der Waals surface area (Å²) in [5, 5.41) is 9.90. The van der Waals surface area contributed by atoms with Crippen molar-refractivity contribution < 1.29 is 18.8 Å². The van der Waals surface area contributed by atoms with Crippen LogP contribution < -0.4 is 5.73 Å². The summed E-state index contributed by atoms with van der Waals surface area (Å²) in [6, 6.07) is 2.13. The molecule has 18 heavy (non-hydrogen) atoms. The molecule has 0 spiro atoms. The lowest BCUT2D eigenvalue weighted by molar-refractivity contribution is -0.0730. The van der Waals surface area contributed by atoms with Crippen LogP contribution >= 0.6 is 0 Å². The standard InChI is InChI=1S/C12H14F2N2O2/c13-8-2-4-10(11(14)6-8)7-1-3-9(5-7)16(18)12(15)17/h2,4,6-7,9,18H,1,3,5H2,(H2,15,17)/t7-,9-/m0/s1. The fraction of sp³-hybridized carbons (Fsp3) is 0.417. The van der Waals surface area contributed by atoms with Crippen molar-refractivity contribution in [1.29, 1.82) is 0 Å². The predicted molar refractivity (Wildman–Crippen MR) is 59.9 cm³/mol. The van der Waals surface area contributed by atoms with Crippen LogP contribution in [0, 0.1) is 11.6 Å². The van der Waals surface area contributed by atoms with Gasteiger partial charge in [-0.15, -0.1) is 0 Å². The second-order valence-corrected chi connectivity index (χ2v) is 4.51. The van der Waals surface area contributed by atoms with Gasteiger partial charge in [-0.3, -0.25) is 5.21 Å². The van der Waals surface area contributed by atoms with Crippen LogP contribution in [0.5, 0.6) is 0 Å². The van der Waals surface area contributed by atoms with Crippen LogP contribution in [0.2, 0.25) is 0 Å². The number of hydrogen-bond acceptors (Lipinski definition) is 2. The number of urea groups is 1. The van der Waals surface area contributed by atoms with Gasteiger partial charge in [0.25, 0.3) is 0 Å². The Hall–Kier alpha value is -1.69. The molecule has 2 rings (SSSR count). The molecule has 1 aliphatic carbocycles. The van der Waals surface area contributed by atoms with Crippen LogP contribution in [0.3, 0.4) is 0 Å². The van der Waals surface area contributed by atoms with E-state index in [4.69, 9.17) is 5.73 Å². The highest BCUT2D eigenvalue weighted by molar-refractivity contribution is 5.70. The Kier molecular flexibility index (Phi) is 3.47. The number of primary amides is 1. The average Bonchev–Trinajstić information content (AvgIpc) is 2.77. The minimum Gasteiger partial charge on any atom is -0.350 e. The molecule has 1 fully saturated rings. The molecule has 98 valence electrons. The van der Waals surface area contributed by atoms with Gasteiger partial charge < -0.3 is 5.73 Å². The Morgan fingerprint density at radius 1 is 1.39 bits per heavy atom. The minimum absolute atomic E-state index is 0.135. The highest BCUT2D eigenvalue weighted by atomic mass is 19.1. The van der Waals surface area contributed by atoms with E-state index in [1.165, 1.54) is 12.1 Å². The molecule has 1 saturated carbocycles. The molecule has 6 heteroatoms. The van der Waals surface area contributed by atoms with Crippen molar-refractivity contribution in [3.8, 4) is 0 Å². The molecule has 1 aromatic rings. The smallest absolute Gasteiger partial charge is 0.338 e. The molecule has 0 radical (unpaired) electrons. The first kappa shape index (κ1) is 12.8. The Labute approximate surface area is 103 Å². The first-order valence-electron chi connectivity index (χ1n) is 5.71. The maximum absolute atomic E-state index is 13.6. The van der Waals surface area contributed by atoms with Crippen LogP contribution in [-0.4, -0.2) is 22.3 Å². The molecule has 0 unspecified atom stereocenters. The summed E-state index contributed by atoms with van der Waals surface area (Å²) in [6.07, 6.45) is 1.58. The van der Waals surface area contributed by atoms with E-state index in [0.717, 1.165) is 6.07 Å². The van der Waals surface area contributed by atoms with Gasteiger partial charge in [0.2, 0.25) is 0 Å². The number of amides is 2. The van der Waals surface area contributed by atoms with Gasteiger partial charge >= 0.3 is 6.03 Å². The number of carbonyl (C=O) groups excluding carboxylic acids is 1. The number of nitrogens with zero attached hydrogens (tertiary/aromatic N) is 1. The molecule has 1 aromatic carbocycles. The monoisotopic (exact) mass is 256 g/mol. The Bertz CT molecular complexity index is 467. The van der Waals surface area contributed by atoms with Crippen molar-refractivity contribution in [2.45, 2.75) is 31.2 Å². The topological polar surface area (TPSA) is 66.6 Å². The van der Waals surface area contributed by atoms with Crippen LogP contribution in [0.15, 0.2) is 18.2 Å². The second-order valence-electron chi connectivity index (χ2n) is 4.51. The summed E-state index contributed by atoms with van der Waals surface area (Å²) in [7, 11) is 0. The van der Waals surface area contributed by atoms with Gasteiger partial charge in [0.05, 0.1) is 6.04 Å². The highest BCUT2D eigenvalue weighted by Crippen LogP contribution is 2.37. The third-order valence-electron chi connectivity index (χ3n) is 3.38. The summed E-state index contributed by atoms with van der Waals surface area (Å²) in [5.74, 6) is -1.35. The van der Waals surface area contributed by atoms with Gasteiger partial charge in [-0.2, -0.15) is 0 Å². The molecular formula is C12H14F2N2O2. The molecule has 2 atom stereocenters. The Morgan fingerprint density at radius 3 is 2.72 bits per heavy atom. The lowest BCUT2D eigenvalue weighted by Crippen LogP contribution is -2.39. The van der Waals surface area contributed by atoms with E-state index in [0.29, 0.717) is 29.9 Å². The predicted octanol–water partition coefficient (Wildman–Crippen LogP) is 2.37. The number of nitrogens with two attached hydrogens (primary N) is 1. The SMILES string of the molecule is NC(=O)N(O)[C@H]1CC[C@H](c2ccc(F)cc2F)C1. The second kappa shape index (κ2) is 4.89. The number of halogens is 2. The molecule has 0 aromatic heterocycles. The largest absolute Gasteiger partial charge is 0.350 e. The number of benzene rings is 1. The molecule has 3 N–H and O–H groups in total. The third-order valence-corrected chi connectivity index (χ3v) is 3.38. The van der Waals surface area contributed by atoms with Gasteiger partial charge in [-0.05, 0) is 36.8 Å². The molecule has 0 bridgehead atoms. The van der Waals surface area contributed by atoms with Crippen molar-refractivity contribution >= 4 is 6.03 Å². The molecule has 0 saturated heterocycles. The summed E-state index contributed by atoms with van der Waals surface area (Å²) < 4.78 is 26.4. The van der Waals surface area contributed by atoms with E-state index >= 15 is 0 Å².